The maximum Gasteiger partial charge on any atom is 0.547 e. The predicted octanol–water partition coefficient (Wildman–Crippen LogP) is 1.62. The van der Waals surface area contributed by atoms with Gasteiger partial charge in [-0.1, -0.05) is 18.2 Å². The van der Waals surface area contributed by atoms with Crippen LogP contribution >= 0.6 is 0 Å². The van der Waals surface area contributed by atoms with Crippen LogP contribution in [0.1, 0.15) is 26.3 Å². The van der Waals surface area contributed by atoms with E-state index >= 15 is 0 Å². The molecule has 130 valence electrons. The van der Waals surface area contributed by atoms with Gasteiger partial charge in [-0.15, -0.1) is 0 Å². The molecular formula is C18H15BN2O5. The van der Waals surface area contributed by atoms with Gasteiger partial charge < -0.3 is 25.1 Å². The van der Waals surface area contributed by atoms with Gasteiger partial charge in [0.25, 0.3) is 5.91 Å². The molecule has 0 radical (unpaired) electrons. The second-order valence-electron chi connectivity index (χ2n) is 6.17. The highest BCUT2D eigenvalue weighted by Gasteiger charge is 2.37. The largest absolute Gasteiger partial charge is 0.547 e. The lowest BCUT2D eigenvalue weighted by Crippen LogP contribution is -2.53. The van der Waals surface area contributed by atoms with Crippen molar-refractivity contribution in [2.45, 2.75) is 12.4 Å². The van der Waals surface area contributed by atoms with E-state index < -0.39 is 19.0 Å². The Balaban J connectivity index is 1.56. The Bertz CT molecular complexity index is 1020. The number of fused-ring (bicyclic) bond motifs is 2. The number of aromatic nitrogens is 1. The lowest BCUT2D eigenvalue weighted by Gasteiger charge is -2.28. The van der Waals surface area contributed by atoms with Crippen LogP contribution in [0.5, 0.6) is 5.75 Å². The number of hydrogen-bond acceptors (Lipinski definition) is 4. The summed E-state index contributed by atoms with van der Waals surface area (Å²) in [7, 11) is -1.33. The van der Waals surface area contributed by atoms with E-state index in [0.717, 1.165) is 10.9 Å². The smallest absolute Gasteiger partial charge is 0.534 e. The fraction of sp³-hybridized carbons (Fsp3) is 0.111. The first-order valence-corrected chi connectivity index (χ1v) is 8.11. The second-order valence-corrected chi connectivity index (χ2v) is 6.17. The summed E-state index contributed by atoms with van der Waals surface area (Å²) in [5.41, 5.74) is 1.91. The molecule has 8 heteroatoms. The van der Waals surface area contributed by atoms with Gasteiger partial charge in [0.2, 0.25) is 0 Å². The van der Waals surface area contributed by atoms with Gasteiger partial charge >= 0.3 is 13.1 Å². The fourth-order valence-electron chi connectivity index (χ4n) is 3.16. The summed E-state index contributed by atoms with van der Waals surface area (Å²) in [5, 5.41) is 23.2. The topological polar surface area (TPSA) is 112 Å². The van der Waals surface area contributed by atoms with Crippen LogP contribution in [0.2, 0.25) is 0 Å². The Kier molecular flexibility index (Phi) is 3.89. The molecule has 0 unspecified atom stereocenters. The van der Waals surface area contributed by atoms with Crippen LogP contribution in [-0.4, -0.2) is 40.1 Å². The number of carboxylic acids is 1. The number of carbonyl (C=O) groups excluding carboxylic acids is 1. The molecule has 4 N–H and O–H groups in total. The van der Waals surface area contributed by atoms with Gasteiger partial charge in [0.05, 0.1) is 11.5 Å². The van der Waals surface area contributed by atoms with Crippen molar-refractivity contribution in [3.8, 4) is 5.75 Å². The zero-order chi connectivity index (χ0) is 18.3. The lowest BCUT2D eigenvalue weighted by atomic mass is 9.72. The van der Waals surface area contributed by atoms with E-state index in [1.807, 2.05) is 12.1 Å². The average Bonchev–Trinajstić information content (AvgIpc) is 3.09. The molecule has 1 atom stereocenters. The molecule has 0 aliphatic carbocycles. The molecule has 2 heterocycles. The number of nitrogens with one attached hydrogen (secondary N) is 2. The lowest BCUT2D eigenvalue weighted by molar-refractivity contribution is 0.0693. The van der Waals surface area contributed by atoms with Crippen molar-refractivity contribution in [2.75, 3.05) is 0 Å². The highest BCUT2D eigenvalue weighted by molar-refractivity contribution is 6.47. The molecule has 0 bridgehead atoms. The monoisotopic (exact) mass is 350 g/mol. The summed E-state index contributed by atoms with van der Waals surface area (Å²) in [6.45, 7) is 0. The van der Waals surface area contributed by atoms with Gasteiger partial charge in [-0.3, -0.25) is 4.79 Å². The van der Waals surface area contributed by atoms with Crippen LogP contribution in [0.15, 0.2) is 48.7 Å². The Morgan fingerprint density at radius 2 is 2.08 bits per heavy atom. The number of aromatic carboxylic acids is 1. The summed E-state index contributed by atoms with van der Waals surface area (Å²) in [6.07, 6.45) is 2.07. The Labute approximate surface area is 148 Å². The molecule has 0 saturated carbocycles. The summed E-state index contributed by atoms with van der Waals surface area (Å²) in [6, 6.07) is 11.9. The third-order valence-electron chi connectivity index (χ3n) is 4.48. The third kappa shape index (κ3) is 2.80. The molecule has 2 aromatic carbocycles. The van der Waals surface area contributed by atoms with E-state index in [0.29, 0.717) is 11.1 Å². The summed E-state index contributed by atoms with van der Waals surface area (Å²) >= 11 is 0. The van der Waals surface area contributed by atoms with Crippen molar-refractivity contribution in [1.82, 2.24) is 10.3 Å². The van der Waals surface area contributed by atoms with Gasteiger partial charge in [-0.2, -0.15) is 0 Å². The van der Waals surface area contributed by atoms with Crippen molar-refractivity contribution in [1.29, 1.82) is 0 Å². The van der Waals surface area contributed by atoms with Gasteiger partial charge in [-0.25, -0.2) is 4.79 Å². The van der Waals surface area contributed by atoms with Crippen LogP contribution < -0.4 is 9.97 Å². The van der Waals surface area contributed by atoms with Crippen molar-refractivity contribution >= 4 is 29.9 Å². The van der Waals surface area contributed by atoms with E-state index in [-0.39, 0.29) is 23.6 Å². The zero-order valence-electron chi connectivity index (χ0n) is 13.6. The van der Waals surface area contributed by atoms with Crippen LogP contribution in [0, 0.1) is 0 Å². The first-order valence-electron chi connectivity index (χ1n) is 8.11. The molecular weight excluding hydrogens is 335 g/mol. The Morgan fingerprint density at radius 3 is 2.88 bits per heavy atom. The zero-order valence-corrected chi connectivity index (χ0v) is 13.6. The minimum atomic E-state index is -1.33. The van der Waals surface area contributed by atoms with E-state index in [2.05, 4.69) is 10.3 Å². The minimum Gasteiger partial charge on any atom is -0.534 e. The van der Waals surface area contributed by atoms with E-state index in [1.165, 1.54) is 6.07 Å². The molecule has 1 aliphatic rings. The number of carboxylic acid groups (broad SMARTS) is 1. The van der Waals surface area contributed by atoms with Gasteiger partial charge in [0.15, 0.2) is 0 Å². The molecule has 7 nitrogen and oxygen atoms in total. The summed E-state index contributed by atoms with van der Waals surface area (Å²) in [5.74, 6) is -2.01. The number of carbonyl (C=O) groups is 2. The maximum absolute atomic E-state index is 12.5. The third-order valence-corrected chi connectivity index (χ3v) is 4.48. The number of H-pyrrole nitrogens is 1. The van der Waals surface area contributed by atoms with Crippen molar-refractivity contribution in [3.05, 3.63) is 65.4 Å². The fourth-order valence-corrected chi connectivity index (χ4v) is 3.16. The molecule has 1 amide bonds. The molecule has 3 aromatic rings. The molecule has 0 fully saturated rings. The van der Waals surface area contributed by atoms with E-state index in [1.54, 1.807) is 30.5 Å². The SMILES string of the molecule is O=C(N[C@H]1Cc2cccc(C(=O)O)c2OB1O)c1ccc2cc[nH]c2c1. The quantitative estimate of drug-likeness (QED) is 0.537. The van der Waals surface area contributed by atoms with Crippen LogP contribution in [0.25, 0.3) is 10.9 Å². The summed E-state index contributed by atoms with van der Waals surface area (Å²) in [4.78, 5) is 26.8. The highest BCUT2D eigenvalue weighted by atomic mass is 16.5. The van der Waals surface area contributed by atoms with Crippen molar-refractivity contribution < 1.29 is 24.4 Å². The second kappa shape index (κ2) is 6.23. The Hall–Kier alpha value is -3.26. The first kappa shape index (κ1) is 16.2. The molecule has 26 heavy (non-hydrogen) atoms. The number of para-hydroxylation sites is 1. The normalized spacial score (nSPS) is 16.0. The van der Waals surface area contributed by atoms with Crippen molar-refractivity contribution in [3.63, 3.8) is 0 Å². The number of hydrogen-bond donors (Lipinski definition) is 4. The van der Waals surface area contributed by atoms with E-state index in [4.69, 9.17) is 4.65 Å². The highest BCUT2D eigenvalue weighted by Crippen LogP contribution is 2.30. The van der Waals surface area contributed by atoms with Crippen molar-refractivity contribution in [2.24, 2.45) is 0 Å². The maximum atomic E-state index is 12.5. The molecule has 1 aliphatic heterocycles. The first-order chi connectivity index (χ1) is 12.5. The average molecular weight is 350 g/mol. The Morgan fingerprint density at radius 1 is 1.23 bits per heavy atom. The molecule has 4 rings (SSSR count). The number of rotatable bonds is 3. The number of amides is 1. The van der Waals surface area contributed by atoms with Crippen LogP contribution in [-0.2, 0) is 6.42 Å². The van der Waals surface area contributed by atoms with Gasteiger partial charge in [0.1, 0.15) is 5.75 Å². The number of aromatic amines is 1. The van der Waals surface area contributed by atoms with E-state index in [9.17, 15) is 19.7 Å². The van der Waals surface area contributed by atoms with Gasteiger partial charge in [-0.05, 0) is 41.6 Å². The molecule has 1 aromatic heterocycles. The molecule has 0 spiro atoms. The molecule has 0 saturated heterocycles. The number of benzene rings is 2. The van der Waals surface area contributed by atoms with Gasteiger partial charge in [0, 0.05) is 17.3 Å². The van der Waals surface area contributed by atoms with Crippen LogP contribution in [0.3, 0.4) is 0 Å². The summed E-state index contributed by atoms with van der Waals surface area (Å²) < 4.78 is 5.39. The van der Waals surface area contributed by atoms with Crippen LogP contribution in [0.4, 0.5) is 0 Å². The minimum absolute atomic E-state index is 0.0106. The predicted molar refractivity (Wildman–Crippen MR) is 95.3 cm³/mol. The standard InChI is InChI=1S/C18H15BN2O5/c22-17(12-5-4-10-6-7-20-14(10)8-12)21-15-9-11-2-1-3-13(18(23)24)16(11)26-19(15)25/h1-8,15,20,25H,9H2,(H,21,22)(H,23,24)/t15-/m0/s1.